The standard InChI is InChI=1S/C14H19F2N3S/c15-11-4-5-13(12(16)10-11)18-14(20)17-6-3-9-19-7-1-2-8-19/h4-5,10H,1-3,6-9H2,(H2,17,18,20). The van der Waals surface area contributed by atoms with E-state index >= 15 is 0 Å². The zero-order valence-corrected chi connectivity index (χ0v) is 12.1. The number of anilines is 1. The van der Waals surface area contributed by atoms with E-state index in [9.17, 15) is 8.78 Å². The zero-order chi connectivity index (χ0) is 14.4. The predicted molar refractivity (Wildman–Crippen MR) is 80.9 cm³/mol. The van der Waals surface area contributed by atoms with Crippen LogP contribution in [0.3, 0.4) is 0 Å². The van der Waals surface area contributed by atoms with Gasteiger partial charge in [0.2, 0.25) is 0 Å². The number of nitrogens with one attached hydrogen (secondary N) is 2. The van der Waals surface area contributed by atoms with Gasteiger partial charge in [0.05, 0.1) is 5.69 Å². The number of nitrogens with zero attached hydrogens (tertiary/aromatic N) is 1. The average molecular weight is 299 g/mol. The van der Waals surface area contributed by atoms with Crippen LogP contribution in [0.2, 0.25) is 0 Å². The molecule has 1 saturated heterocycles. The maximum Gasteiger partial charge on any atom is 0.170 e. The second-order valence-corrected chi connectivity index (χ2v) is 5.32. The summed E-state index contributed by atoms with van der Waals surface area (Å²) in [6.07, 6.45) is 3.57. The normalized spacial score (nSPS) is 15.3. The Balaban J connectivity index is 1.67. The lowest BCUT2D eigenvalue weighted by Crippen LogP contribution is -2.31. The van der Waals surface area contributed by atoms with Gasteiger partial charge in [-0.05, 0) is 63.2 Å². The Morgan fingerprint density at radius 2 is 2.00 bits per heavy atom. The van der Waals surface area contributed by atoms with Gasteiger partial charge in [-0.25, -0.2) is 8.78 Å². The average Bonchev–Trinajstić information content (AvgIpc) is 2.91. The predicted octanol–water partition coefficient (Wildman–Crippen LogP) is 2.74. The van der Waals surface area contributed by atoms with Gasteiger partial charge in [-0.2, -0.15) is 0 Å². The fraction of sp³-hybridized carbons (Fsp3) is 0.500. The summed E-state index contributed by atoms with van der Waals surface area (Å²) in [7, 11) is 0. The summed E-state index contributed by atoms with van der Waals surface area (Å²) < 4.78 is 26.2. The lowest BCUT2D eigenvalue weighted by molar-refractivity contribution is 0.334. The van der Waals surface area contributed by atoms with Crippen LogP contribution in [0.5, 0.6) is 0 Å². The fourth-order valence-electron chi connectivity index (χ4n) is 2.27. The second kappa shape index (κ2) is 7.50. The first-order valence-corrected chi connectivity index (χ1v) is 7.28. The molecule has 0 bridgehead atoms. The van der Waals surface area contributed by atoms with Crippen LogP contribution in [0.25, 0.3) is 0 Å². The van der Waals surface area contributed by atoms with Crippen LogP contribution in [0.15, 0.2) is 18.2 Å². The van der Waals surface area contributed by atoms with Gasteiger partial charge in [-0.1, -0.05) is 0 Å². The molecule has 0 saturated carbocycles. The van der Waals surface area contributed by atoms with E-state index in [1.807, 2.05) is 0 Å². The summed E-state index contributed by atoms with van der Waals surface area (Å²) in [6.45, 7) is 4.17. The van der Waals surface area contributed by atoms with Gasteiger partial charge in [0, 0.05) is 12.6 Å². The Bertz CT molecular complexity index is 462. The number of likely N-dealkylation sites (tertiary alicyclic amines) is 1. The number of hydrogen-bond donors (Lipinski definition) is 2. The number of thiocarbonyl (C=S) groups is 1. The van der Waals surface area contributed by atoms with Crippen molar-refractivity contribution in [2.24, 2.45) is 0 Å². The Kier molecular flexibility index (Phi) is 5.67. The molecule has 2 rings (SSSR count). The molecule has 0 aliphatic carbocycles. The molecule has 0 spiro atoms. The molecule has 1 heterocycles. The molecule has 1 aliphatic rings. The van der Waals surface area contributed by atoms with Crippen molar-refractivity contribution in [3.63, 3.8) is 0 Å². The van der Waals surface area contributed by atoms with Crippen LogP contribution >= 0.6 is 12.2 Å². The summed E-state index contributed by atoms with van der Waals surface area (Å²) >= 11 is 5.08. The molecule has 1 aromatic rings. The summed E-state index contributed by atoms with van der Waals surface area (Å²) in [5.41, 5.74) is 0.184. The molecule has 6 heteroatoms. The monoisotopic (exact) mass is 299 g/mol. The highest BCUT2D eigenvalue weighted by molar-refractivity contribution is 7.80. The van der Waals surface area contributed by atoms with Gasteiger partial charge in [0.15, 0.2) is 5.11 Å². The molecule has 110 valence electrons. The summed E-state index contributed by atoms with van der Waals surface area (Å²) in [6, 6.07) is 3.36. The third-order valence-corrected chi connectivity index (χ3v) is 3.56. The summed E-state index contributed by atoms with van der Waals surface area (Å²) in [5, 5.41) is 6.12. The van der Waals surface area contributed by atoms with E-state index in [0.717, 1.165) is 25.6 Å². The van der Waals surface area contributed by atoms with Gasteiger partial charge in [-0.15, -0.1) is 0 Å². The quantitative estimate of drug-likeness (QED) is 0.646. The number of hydrogen-bond acceptors (Lipinski definition) is 2. The highest BCUT2D eigenvalue weighted by Crippen LogP contribution is 2.14. The zero-order valence-electron chi connectivity index (χ0n) is 11.3. The third-order valence-electron chi connectivity index (χ3n) is 3.31. The first kappa shape index (κ1) is 15.1. The van der Waals surface area contributed by atoms with E-state index in [2.05, 4.69) is 15.5 Å². The van der Waals surface area contributed by atoms with Gasteiger partial charge < -0.3 is 15.5 Å². The van der Waals surface area contributed by atoms with Crippen molar-refractivity contribution in [2.75, 3.05) is 31.5 Å². The minimum absolute atomic E-state index is 0.184. The molecule has 3 nitrogen and oxygen atoms in total. The van der Waals surface area contributed by atoms with Gasteiger partial charge in [-0.3, -0.25) is 0 Å². The van der Waals surface area contributed by atoms with Crippen LogP contribution in [0.4, 0.5) is 14.5 Å². The second-order valence-electron chi connectivity index (χ2n) is 4.91. The van der Waals surface area contributed by atoms with Crippen molar-refractivity contribution in [2.45, 2.75) is 19.3 Å². The Labute approximate surface area is 123 Å². The van der Waals surface area contributed by atoms with Crippen molar-refractivity contribution in [1.29, 1.82) is 0 Å². The number of rotatable bonds is 5. The molecule has 0 atom stereocenters. The minimum Gasteiger partial charge on any atom is -0.362 e. The fourth-order valence-corrected chi connectivity index (χ4v) is 2.48. The van der Waals surface area contributed by atoms with E-state index in [1.165, 1.54) is 38.1 Å². The Hall–Kier alpha value is -1.27. The van der Waals surface area contributed by atoms with Crippen molar-refractivity contribution in [3.05, 3.63) is 29.8 Å². The van der Waals surface area contributed by atoms with Gasteiger partial charge >= 0.3 is 0 Å². The van der Waals surface area contributed by atoms with Crippen molar-refractivity contribution in [3.8, 4) is 0 Å². The molecule has 0 amide bonds. The highest BCUT2D eigenvalue weighted by atomic mass is 32.1. The lowest BCUT2D eigenvalue weighted by atomic mass is 10.3. The van der Waals surface area contributed by atoms with Gasteiger partial charge in [0.1, 0.15) is 11.6 Å². The molecule has 1 aromatic carbocycles. The Morgan fingerprint density at radius 3 is 2.70 bits per heavy atom. The molecular formula is C14H19F2N3S. The van der Waals surface area contributed by atoms with Crippen LogP contribution in [-0.2, 0) is 0 Å². The Morgan fingerprint density at radius 1 is 1.25 bits per heavy atom. The molecular weight excluding hydrogens is 280 g/mol. The van der Waals surface area contributed by atoms with E-state index in [-0.39, 0.29) is 5.69 Å². The van der Waals surface area contributed by atoms with Crippen molar-refractivity contribution < 1.29 is 8.78 Å². The van der Waals surface area contributed by atoms with E-state index < -0.39 is 11.6 Å². The molecule has 1 aliphatic heterocycles. The van der Waals surface area contributed by atoms with Crippen molar-refractivity contribution >= 4 is 23.0 Å². The first-order valence-electron chi connectivity index (χ1n) is 6.87. The smallest absolute Gasteiger partial charge is 0.170 e. The van der Waals surface area contributed by atoms with E-state index in [4.69, 9.17) is 12.2 Å². The summed E-state index contributed by atoms with van der Waals surface area (Å²) in [4.78, 5) is 2.43. The number of benzene rings is 1. The summed E-state index contributed by atoms with van der Waals surface area (Å²) in [5.74, 6) is -1.25. The third kappa shape index (κ3) is 4.68. The minimum atomic E-state index is -0.647. The van der Waals surface area contributed by atoms with Crippen LogP contribution in [0.1, 0.15) is 19.3 Å². The van der Waals surface area contributed by atoms with Crippen molar-refractivity contribution in [1.82, 2.24) is 10.2 Å². The molecule has 0 radical (unpaired) electrons. The molecule has 0 unspecified atom stereocenters. The molecule has 20 heavy (non-hydrogen) atoms. The van der Waals surface area contributed by atoms with Crippen LogP contribution in [-0.4, -0.2) is 36.2 Å². The molecule has 0 aromatic heterocycles. The first-order chi connectivity index (χ1) is 9.65. The van der Waals surface area contributed by atoms with E-state index in [1.54, 1.807) is 0 Å². The maximum absolute atomic E-state index is 13.4. The number of halogens is 2. The largest absolute Gasteiger partial charge is 0.362 e. The SMILES string of the molecule is Fc1ccc(NC(=S)NCCCN2CCCC2)c(F)c1. The highest BCUT2D eigenvalue weighted by Gasteiger charge is 2.10. The van der Waals surface area contributed by atoms with Crippen LogP contribution < -0.4 is 10.6 Å². The molecule has 1 fully saturated rings. The topological polar surface area (TPSA) is 27.3 Å². The molecule has 2 N–H and O–H groups in total. The van der Waals surface area contributed by atoms with Gasteiger partial charge in [0.25, 0.3) is 0 Å². The lowest BCUT2D eigenvalue weighted by Gasteiger charge is -2.15. The maximum atomic E-state index is 13.4. The van der Waals surface area contributed by atoms with Crippen LogP contribution in [0, 0.1) is 11.6 Å². The van der Waals surface area contributed by atoms with E-state index in [0.29, 0.717) is 5.11 Å².